The second kappa shape index (κ2) is 8.52. The monoisotopic (exact) mass is 468 g/mol. The van der Waals surface area contributed by atoms with E-state index in [1.807, 2.05) is 0 Å². The predicted octanol–water partition coefficient (Wildman–Crippen LogP) is 9.85. The van der Waals surface area contributed by atoms with Gasteiger partial charge in [-0.3, -0.25) is 0 Å². The molecule has 0 aromatic heterocycles. The minimum atomic E-state index is -1.15. The second-order valence-corrected chi connectivity index (χ2v) is 19.3. The summed E-state index contributed by atoms with van der Waals surface area (Å²) >= 11 is 0. The Morgan fingerprint density at radius 3 is 2.06 bits per heavy atom. The van der Waals surface area contributed by atoms with Gasteiger partial charge < -0.3 is 0 Å². The summed E-state index contributed by atoms with van der Waals surface area (Å²) in [6.07, 6.45) is 8.00. The van der Waals surface area contributed by atoms with Crippen LogP contribution in [-0.4, -0.2) is 8.07 Å². The van der Waals surface area contributed by atoms with E-state index in [1.165, 1.54) is 61.7 Å². The summed E-state index contributed by atoms with van der Waals surface area (Å²) in [5.41, 5.74) is 14.8. The Labute approximate surface area is 209 Å². The Kier molecular flexibility index (Phi) is 6.26. The number of hydrogen-bond acceptors (Lipinski definition) is 0. The highest BCUT2D eigenvalue weighted by atomic mass is 28.3. The van der Waals surface area contributed by atoms with E-state index in [0.717, 1.165) is 19.3 Å². The molecular weight excluding hydrogens is 424 g/mol. The molecule has 180 valence electrons. The second-order valence-electron chi connectivity index (χ2n) is 13.8. The van der Waals surface area contributed by atoms with Crippen LogP contribution in [0.25, 0.3) is 16.7 Å². The average molecular weight is 469 g/mol. The zero-order valence-electron chi connectivity index (χ0n) is 23.1. The molecule has 0 bridgehead atoms. The van der Waals surface area contributed by atoms with Gasteiger partial charge in [-0.15, -0.1) is 0 Å². The lowest BCUT2D eigenvalue weighted by molar-refractivity contribution is 0.589. The third-order valence-corrected chi connectivity index (χ3v) is 8.85. The molecule has 2 aromatic carbocycles. The molecule has 0 atom stereocenters. The van der Waals surface area contributed by atoms with Crippen molar-refractivity contribution in [2.75, 3.05) is 0 Å². The molecule has 0 radical (unpaired) electrons. The fraction of sp³-hybridized carbons (Fsp3) is 0.455. The molecule has 0 unspecified atom stereocenters. The summed E-state index contributed by atoms with van der Waals surface area (Å²) in [4.78, 5) is 0. The molecule has 0 nitrogen and oxygen atoms in total. The molecule has 34 heavy (non-hydrogen) atoms. The lowest BCUT2D eigenvalue weighted by Gasteiger charge is -2.24. The van der Waals surface area contributed by atoms with E-state index in [9.17, 15) is 0 Å². The van der Waals surface area contributed by atoms with E-state index in [-0.39, 0.29) is 10.8 Å². The summed E-state index contributed by atoms with van der Waals surface area (Å²) < 4.78 is 0. The van der Waals surface area contributed by atoms with Gasteiger partial charge in [0.15, 0.2) is 0 Å². The van der Waals surface area contributed by atoms with Crippen molar-refractivity contribution in [3.63, 3.8) is 0 Å². The van der Waals surface area contributed by atoms with Crippen LogP contribution in [0.5, 0.6) is 0 Å². The fourth-order valence-electron chi connectivity index (χ4n) is 5.51. The first kappa shape index (κ1) is 25.0. The zero-order valence-corrected chi connectivity index (χ0v) is 24.1. The van der Waals surface area contributed by atoms with Crippen LogP contribution in [0.15, 0.2) is 60.2 Å². The Bertz CT molecular complexity index is 1200. The summed E-state index contributed by atoms with van der Waals surface area (Å²) in [5, 5.41) is 0. The highest BCUT2D eigenvalue weighted by Gasteiger charge is 2.29. The molecule has 0 N–H and O–H groups in total. The van der Waals surface area contributed by atoms with Gasteiger partial charge in [0.2, 0.25) is 0 Å². The third-order valence-electron chi connectivity index (χ3n) is 7.29. The molecule has 0 heterocycles. The normalized spacial score (nSPS) is 15.7. The Hall–Kier alpha value is -2.12. The molecule has 0 amide bonds. The van der Waals surface area contributed by atoms with Gasteiger partial charge in [0, 0.05) is 8.07 Å². The molecule has 2 aromatic rings. The SMILES string of the molecule is C=C(CC1=CCC=C1c1cc(C(C)(C)C)cc2c1Cc1ccc(C(C)(C)C)cc1-2)C[Si](C)(C)C. The minimum absolute atomic E-state index is 0.110. The maximum atomic E-state index is 4.49. The molecule has 0 fully saturated rings. The highest BCUT2D eigenvalue weighted by Crippen LogP contribution is 2.47. The van der Waals surface area contributed by atoms with Crippen molar-refractivity contribution >= 4 is 13.6 Å². The van der Waals surface area contributed by atoms with Crippen molar-refractivity contribution in [1.29, 1.82) is 0 Å². The Morgan fingerprint density at radius 2 is 1.44 bits per heavy atom. The van der Waals surface area contributed by atoms with Crippen molar-refractivity contribution < 1.29 is 0 Å². The maximum absolute atomic E-state index is 4.49. The molecule has 2 aliphatic carbocycles. The van der Waals surface area contributed by atoms with E-state index in [0.29, 0.717) is 0 Å². The first-order chi connectivity index (χ1) is 15.6. The van der Waals surface area contributed by atoms with Gasteiger partial charge in [-0.05, 0) is 86.2 Å². The number of rotatable bonds is 5. The van der Waals surface area contributed by atoms with E-state index in [2.05, 4.69) is 110 Å². The Morgan fingerprint density at radius 1 is 0.824 bits per heavy atom. The van der Waals surface area contributed by atoms with Crippen LogP contribution in [0.2, 0.25) is 25.7 Å². The molecule has 4 rings (SSSR count). The smallest absolute Gasteiger partial charge is 0.0483 e. The zero-order chi connectivity index (χ0) is 25.1. The average Bonchev–Trinajstić information content (AvgIpc) is 3.28. The van der Waals surface area contributed by atoms with Crippen LogP contribution in [0, 0.1) is 0 Å². The van der Waals surface area contributed by atoms with Crippen LogP contribution in [0.4, 0.5) is 0 Å². The van der Waals surface area contributed by atoms with Crippen molar-refractivity contribution in [2.24, 2.45) is 0 Å². The van der Waals surface area contributed by atoms with E-state index < -0.39 is 8.07 Å². The molecule has 1 heteroatoms. The molecule has 0 saturated heterocycles. The Balaban J connectivity index is 1.80. The van der Waals surface area contributed by atoms with E-state index in [4.69, 9.17) is 0 Å². The van der Waals surface area contributed by atoms with Gasteiger partial charge >= 0.3 is 0 Å². The molecule has 2 aliphatic rings. The van der Waals surface area contributed by atoms with Crippen LogP contribution >= 0.6 is 0 Å². The highest BCUT2D eigenvalue weighted by molar-refractivity contribution is 6.76. The molecular formula is C33H44Si. The van der Waals surface area contributed by atoms with Crippen LogP contribution in [0.3, 0.4) is 0 Å². The van der Waals surface area contributed by atoms with Crippen molar-refractivity contribution in [3.8, 4) is 11.1 Å². The van der Waals surface area contributed by atoms with Gasteiger partial charge in [0.1, 0.15) is 0 Å². The summed E-state index contributed by atoms with van der Waals surface area (Å²) in [6, 6.07) is 13.4. The number of allylic oxidation sites excluding steroid dienone is 5. The van der Waals surface area contributed by atoms with Crippen molar-refractivity contribution in [3.05, 3.63) is 88.0 Å². The van der Waals surface area contributed by atoms with Crippen LogP contribution in [-0.2, 0) is 17.3 Å². The van der Waals surface area contributed by atoms with E-state index in [1.54, 1.807) is 0 Å². The molecule has 0 saturated carbocycles. The molecule has 0 aliphatic heterocycles. The predicted molar refractivity (Wildman–Crippen MR) is 155 cm³/mol. The van der Waals surface area contributed by atoms with Gasteiger partial charge in [-0.1, -0.05) is 116 Å². The van der Waals surface area contributed by atoms with Crippen LogP contribution in [0.1, 0.15) is 82.2 Å². The number of fused-ring (bicyclic) bond motifs is 3. The lowest BCUT2D eigenvalue weighted by atomic mass is 9.80. The standard InChI is InChI=1S/C33H44Si/c1-22(21-34(8,9)10)16-23-12-11-13-27(23)30-19-26(33(5,6)7)20-31-28-18-25(32(2,3)4)15-14-24(28)17-29(30)31/h12-15,18-20H,1,11,16-17,21H2,2-10H3. The molecule has 0 spiro atoms. The van der Waals surface area contributed by atoms with Gasteiger partial charge in [0.05, 0.1) is 0 Å². The third kappa shape index (κ3) is 5.10. The summed E-state index contributed by atoms with van der Waals surface area (Å²) in [5.74, 6) is 0. The van der Waals surface area contributed by atoms with Crippen LogP contribution < -0.4 is 0 Å². The quantitative estimate of drug-likeness (QED) is 0.258. The largest absolute Gasteiger partial charge is 0.0998 e. The first-order valence-electron chi connectivity index (χ1n) is 13.0. The lowest BCUT2D eigenvalue weighted by Crippen LogP contribution is -2.19. The minimum Gasteiger partial charge on any atom is -0.0998 e. The number of hydrogen-bond donors (Lipinski definition) is 0. The van der Waals surface area contributed by atoms with E-state index >= 15 is 0 Å². The number of benzene rings is 2. The van der Waals surface area contributed by atoms with Gasteiger partial charge in [0.25, 0.3) is 0 Å². The first-order valence-corrected chi connectivity index (χ1v) is 16.7. The summed E-state index contributed by atoms with van der Waals surface area (Å²) in [7, 11) is -1.15. The van der Waals surface area contributed by atoms with Crippen molar-refractivity contribution in [2.45, 2.75) is 97.3 Å². The van der Waals surface area contributed by atoms with Crippen molar-refractivity contribution in [1.82, 2.24) is 0 Å². The maximum Gasteiger partial charge on any atom is 0.0483 e. The fourth-order valence-corrected chi connectivity index (χ4v) is 7.13. The topological polar surface area (TPSA) is 0 Å². The van der Waals surface area contributed by atoms with Gasteiger partial charge in [-0.25, -0.2) is 0 Å². The summed E-state index contributed by atoms with van der Waals surface area (Å²) in [6.45, 7) is 25.8. The van der Waals surface area contributed by atoms with Gasteiger partial charge in [-0.2, -0.15) is 0 Å².